The quantitative estimate of drug-likeness (QED) is 0.318. The number of likely N-dealkylation sites (tertiary alicyclic amines) is 1. The number of hydrogen-bond donors (Lipinski definition) is 0. The van der Waals surface area contributed by atoms with E-state index in [1.165, 1.54) is 0 Å². The van der Waals surface area contributed by atoms with Gasteiger partial charge in [0.25, 0.3) is 11.1 Å². The molecule has 7 nitrogen and oxygen atoms in total. The van der Waals surface area contributed by atoms with Crippen molar-refractivity contribution in [1.82, 2.24) is 9.80 Å². The lowest BCUT2D eigenvalue weighted by Gasteiger charge is -2.22. The van der Waals surface area contributed by atoms with Gasteiger partial charge in [0.1, 0.15) is 13.2 Å². The van der Waals surface area contributed by atoms with Crippen molar-refractivity contribution in [3.8, 4) is 11.5 Å². The average molecular weight is 608 g/mol. The maximum absolute atomic E-state index is 13.0. The van der Waals surface area contributed by atoms with E-state index in [4.69, 9.17) is 21.1 Å². The molecule has 2 aliphatic heterocycles. The van der Waals surface area contributed by atoms with Crippen molar-refractivity contribution in [3.63, 3.8) is 0 Å². The molecule has 2 aromatic carbocycles. The molecule has 0 atom stereocenters. The zero-order valence-electron chi connectivity index (χ0n) is 20.5. The number of carbonyl (C=O) groups excluding carboxylic acids is 3. The summed E-state index contributed by atoms with van der Waals surface area (Å²) in [6.07, 6.45) is 5.66. The normalized spacial score (nSPS) is 17.3. The van der Waals surface area contributed by atoms with E-state index in [1.807, 2.05) is 31.2 Å². The van der Waals surface area contributed by atoms with Crippen molar-refractivity contribution in [2.75, 3.05) is 26.2 Å². The number of rotatable bonds is 8. The predicted molar refractivity (Wildman–Crippen MR) is 149 cm³/mol. The van der Waals surface area contributed by atoms with Gasteiger partial charge in [0.2, 0.25) is 5.91 Å². The molecular weight excluding hydrogens is 580 g/mol. The van der Waals surface area contributed by atoms with E-state index in [2.05, 4.69) is 15.9 Å². The molecule has 0 aromatic heterocycles. The third kappa shape index (κ3) is 7.09. The van der Waals surface area contributed by atoms with Gasteiger partial charge in [-0.05, 0) is 73.0 Å². The second kappa shape index (κ2) is 12.8. The van der Waals surface area contributed by atoms with Gasteiger partial charge in [0, 0.05) is 17.6 Å². The van der Waals surface area contributed by atoms with Gasteiger partial charge >= 0.3 is 0 Å². The minimum absolute atomic E-state index is 0.195. The molecule has 196 valence electrons. The number of halogens is 2. The zero-order chi connectivity index (χ0) is 26.4. The number of hydrogen-bond acceptors (Lipinski definition) is 6. The second-order valence-electron chi connectivity index (χ2n) is 8.74. The van der Waals surface area contributed by atoms with Crippen LogP contribution in [0, 0.1) is 0 Å². The summed E-state index contributed by atoms with van der Waals surface area (Å²) in [6.45, 7) is 3.64. The summed E-state index contributed by atoms with van der Waals surface area (Å²) in [5.74, 6) is 0.163. The zero-order valence-corrected chi connectivity index (χ0v) is 23.7. The van der Waals surface area contributed by atoms with Gasteiger partial charge in [-0.1, -0.05) is 52.5 Å². The number of amides is 3. The highest BCUT2D eigenvalue weighted by atomic mass is 79.9. The number of thioether (sulfide) groups is 1. The van der Waals surface area contributed by atoms with Gasteiger partial charge in [0.05, 0.1) is 16.5 Å². The van der Waals surface area contributed by atoms with E-state index in [0.29, 0.717) is 48.4 Å². The first-order valence-corrected chi connectivity index (χ1v) is 14.2. The van der Waals surface area contributed by atoms with Crippen molar-refractivity contribution in [2.24, 2.45) is 0 Å². The molecule has 10 heteroatoms. The smallest absolute Gasteiger partial charge is 0.294 e. The summed E-state index contributed by atoms with van der Waals surface area (Å²) in [6, 6.07) is 11.1. The molecule has 3 amide bonds. The van der Waals surface area contributed by atoms with Crippen LogP contribution in [-0.2, 0) is 16.2 Å². The van der Waals surface area contributed by atoms with E-state index in [0.717, 1.165) is 52.4 Å². The molecule has 37 heavy (non-hydrogen) atoms. The van der Waals surface area contributed by atoms with Crippen LogP contribution in [0.4, 0.5) is 4.79 Å². The van der Waals surface area contributed by atoms with Crippen LogP contribution in [0.5, 0.6) is 11.5 Å². The van der Waals surface area contributed by atoms with Crippen LogP contribution < -0.4 is 9.47 Å². The molecule has 2 fully saturated rings. The molecule has 0 N–H and O–H groups in total. The molecule has 2 saturated heterocycles. The summed E-state index contributed by atoms with van der Waals surface area (Å²) >= 11 is 10.8. The molecule has 4 rings (SSSR count). The Morgan fingerprint density at radius 3 is 2.46 bits per heavy atom. The Kier molecular flexibility index (Phi) is 9.56. The van der Waals surface area contributed by atoms with Crippen LogP contribution >= 0.6 is 39.3 Å². The second-order valence-corrected chi connectivity index (χ2v) is 11.1. The number of ether oxygens (including phenoxy) is 2. The number of benzene rings is 2. The van der Waals surface area contributed by atoms with Crippen molar-refractivity contribution < 1.29 is 23.9 Å². The Morgan fingerprint density at radius 1 is 1.08 bits per heavy atom. The third-order valence-corrected chi connectivity index (χ3v) is 7.77. The Bertz CT molecular complexity index is 1200. The molecule has 0 radical (unpaired) electrons. The first-order chi connectivity index (χ1) is 17.9. The maximum atomic E-state index is 13.0. The third-order valence-electron chi connectivity index (χ3n) is 6.05. The van der Waals surface area contributed by atoms with Gasteiger partial charge < -0.3 is 14.4 Å². The Morgan fingerprint density at radius 2 is 1.78 bits per heavy atom. The number of nitrogens with zero attached hydrogens (tertiary/aromatic N) is 2. The highest BCUT2D eigenvalue weighted by Crippen LogP contribution is 2.39. The topological polar surface area (TPSA) is 76.2 Å². The molecule has 0 saturated carbocycles. The van der Waals surface area contributed by atoms with Crippen molar-refractivity contribution in [1.29, 1.82) is 0 Å². The summed E-state index contributed by atoms with van der Waals surface area (Å²) in [5, 5.41) is -0.130. The standard InChI is InChI=1S/C27H28BrClN2O5S/c1-2-35-22-14-19(13-21(29)25(22)36-17-18-7-9-20(28)10-8-18)15-23-26(33)31(27(34)37-23)16-24(32)30-11-5-3-4-6-12-30/h7-10,13-15H,2-6,11-12,16-17H2,1H3. The molecule has 0 bridgehead atoms. The fourth-order valence-corrected chi connectivity index (χ4v) is 5.53. The molecule has 0 spiro atoms. The van der Waals surface area contributed by atoms with Crippen molar-refractivity contribution in [2.45, 2.75) is 39.2 Å². The molecule has 2 aromatic rings. The lowest BCUT2D eigenvalue weighted by molar-refractivity contribution is -0.135. The summed E-state index contributed by atoms with van der Waals surface area (Å²) < 4.78 is 12.7. The van der Waals surface area contributed by atoms with Gasteiger partial charge in [-0.2, -0.15) is 0 Å². The molecule has 0 aliphatic carbocycles. The van der Waals surface area contributed by atoms with E-state index in [1.54, 1.807) is 23.1 Å². The van der Waals surface area contributed by atoms with Crippen LogP contribution in [0.15, 0.2) is 45.8 Å². The highest BCUT2D eigenvalue weighted by Gasteiger charge is 2.37. The number of imide groups is 1. The van der Waals surface area contributed by atoms with Crippen LogP contribution in [0.25, 0.3) is 6.08 Å². The van der Waals surface area contributed by atoms with E-state index in [-0.39, 0.29) is 17.4 Å². The van der Waals surface area contributed by atoms with E-state index >= 15 is 0 Å². The summed E-state index contributed by atoms with van der Waals surface area (Å²) in [4.78, 5) is 41.3. The van der Waals surface area contributed by atoms with E-state index in [9.17, 15) is 14.4 Å². The van der Waals surface area contributed by atoms with Gasteiger partial charge in [-0.25, -0.2) is 0 Å². The Hall–Kier alpha value is -2.49. The van der Waals surface area contributed by atoms with Crippen LogP contribution in [-0.4, -0.2) is 53.1 Å². The fourth-order valence-electron chi connectivity index (χ4n) is 4.15. The largest absolute Gasteiger partial charge is 0.490 e. The first-order valence-electron chi connectivity index (χ1n) is 12.2. The van der Waals surface area contributed by atoms with E-state index < -0.39 is 11.1 Å². The van der Waals surface area contributed by atoms with Crippen LogP contribution in [0.3, 0.4) is 0 Å². The van der Waals surface area contributed by atoms with Crippen molar-refractivity contribution in [3.05, 3.63) is 61.9 Å². The SMILES string of the molecule is CCOc1cc(C=C2SC(=O)N(CC(=O)N3CCCCCC3)C2=O)cc(Cl)c1OCc1ccc(Br)cc1. The summed E-state index contributed by atoms with van der Waals surface area (Å²) in [7, 11) is 0. The minimum atomic E-state index is -0.484. The average Bonchev–Trinajstić information content (AvgIpc) is 3.05. The van der Waals surface area contributed by atoms with Crippen LogP contribution in [0.2, 0.25) is 5.02 Å². The molecule has 0 unspecified atom stereocenters. The predicted octanol–water partition coefficient (Wildman–Crippen LogP) is 6.52. The summed E-state index contributed by atoms with van der Waals surface area (Å²) in [5.41, 5.74) is 1.56. The van der Waals surface area contributed by atoms with Crippen molar-refractivity contribution >= 4 is 62.4 Å². The van der Waals surface area contributed by atoms with Gasteiger partial charge in [-0.15, -0.1) is 0 Å². The lowest BCUT2D eigenvalue weighted by Crippen LogP contribution is -2.42. The minimum Gasteiger partial charge on any atom is -0.490 e. The Balaban J connectivity index is 1.49. The maximum Gasteiger partial charge on any atom is 0.294 e. The number of carbonyl (C=O) groups is 3. The molecular formula is C27H28BrClN2O5S. The lowest BCUT2D eigenvalue weighted by atomic mass is 10.1. The van der Waals surface area contributed by atoms with Crippen LogP contribution in [0.1, 0.15) is 43.7 Å². The molecule has 2 aliphatic rings. The highest BCUT2D eigenvalue weighted by molar-refractivity contribution is 9.10. The molecule has 2 heterocycles. The van der Waals surface area contributed by atoms with Gasteiger partial charge in [-0.3, -0.25) is 19.3 Å². The van der Waals surface area contributed by atoms with Gasteiger partial charge in [0.15, 0.2) is 11.5 Å². The first kappa shape index (κ1) is 27.5. The fraction of sp³-hybridized carbons (Fsp3) is 0.370. The monoisotopic (exact) mass is 606 g/mol. The Labute approximate surface area is 234 Å².